The van der Waals surface area contributed by atoms with Crippen LogP contribution in [-0.2, 0) is 14.9 Å². The summed E-state index contributed by atoms with van der Waals surface area (Å²) in [6.45, 7) is 5.39. The monoisotopic (exact) mass is 206 g/mol. The van der Waals surface area contributed by atoms with Crippen LogP contribution in [-0.4, -0.2) is 18.9 Å². The maximum absolute atomic E-state index is 10.6. The fraction of sp³-hybridized carbons (Fsp3) is 0.750. The summed E-state index contributed by atoms with van der Waals surface area (Å²) < 4.78 is 29.9. The van der Waals surface area contributed by atoms with Gasteiger partial charge in [0, 0.05) is 5.92 Å². The molecule has 0 heterocycles. The number of rotatable bonds is 4. The van der Waals surface area contributed by atoms with Crippen LogP contribution in [0.5, 0.6) is 0 Å². The van der Waals surface area contributed by atoms with Gasteiger partial charge < -0.3 is 0 Å². The van der Waals surface area contributed by atoms with E-state index in [4.69, 9.17) is 4.55 Å². The van der Waals surface area contributed by atoms with Crippen molar-refractivity contribution < 1.29 is 17.8 Å². The van der Waals surface area contributed by atoms with Crippen molar-refractivity contribution in [2.24, 2.45) is 11.8 Å². The van der Waals surface area contributed by atoms with Gasteiger partial charge in [0.15, 0.2) is 4.91 Å². The van der Waals surface area contributed by atoms with Gasteiger partial charge in [-0.1, -0.05) is 20.8 Å². The number of allylic oxidation sites excluding steroid dienone is 1. The van der Waals surface area contributed by atoms with Crippen molar-refractivity contribution in [3.05, 3.63) is 4.91 Å². The molecule has 0 aliphatic heterocycles. The molecule has 0 aromatic rings. The van der Waals surface area contributed by atoms with Gasteiger partial charge >= 0.3 is 10.1 Å². The third-order valence-corrected chi connectivity index (χ3v) is 2.69. The highest BCUT2D eigenvalue weighted by Crippen LogP contribution is 2.20. The third kappa shape index (κ3) is 4.22. The Hall–Kier alpha value is -0.640. The summed E-state index contributed by atoms with van der Waals surface area (Å²) in [7, 11) is -4.37. The summed E-state index contributed by atoms with van der Waals surface area (Å²) >= 11 is 0. The number of carbonyl (C=O) groups excluding carboxylic acids is 1. The van der Waals surface area contributed by atoms with Gasteiger partial charge in [0.25, 0.3) is 0 Å². The first kappa shape index (κ1) is 12.4. The SMILES string of the molecule is CC(C)CC(C)C(=C=O)S(=O)(=O)O. The molecule has 0 fully saturated rings. The van der Waals surface area contributed by atoms with Crippen molar-refractivity contribution in [3.8, 4) is 0 Å². The highest BCUT2D eigenvalue weighted by atomic mass is 32.2. The van der Waals surface area contributed by atoms with Crippen molar-refractivity contribution in [2.75, 3.05) is 0 Å². The van der Waals surface area contributed by atoms with E-state index in [1.54, 1.807) is 6.92 Å². The van der Waals surface area contributed by atoms with Gasteiger partial charge in [-0.25, -0.2) is 4.79 Å². The molecular formula is C8H14O4S. The van der Waals surface area contributed by atoms with Gasteiger partial charge in [-0.3, -0.25) is 4.55 Å². The van der Waals surface area contributed by atoms with Crippen molar-refractivity contribution in [1.29, 1.82) is 0 Å². The molecule has 0 aromatic carbocycles. The van der Waals surface area contributed by atoms with E-state index in [2.05, 4.69) is 0 Å². The quantitative estimate of drug-likeness (QED) is 0.555. The average Bonchev–Trinajstić information content (AvgIpc) is 1.82. The molecule has 0 aliphatic rings. The zero-order valence-corrected chi connectivity index (χ0v) is 8.76. The maximum atomic E-state index is 10.6. The molecule has 4 nitrogen and oxygen atoms in total. The first-order chi connectivity index (χ1) is 5.79. The molecule has 76 valence electrons. The molecule has 1 unspecified atom stereocenters. The van der Waals surface area contributed by atoms with E-state index in [-0.39, 0.29) is 5.92 Å². The molecule has 0 radical (unpaired) electrons. The number of hydrogen-bond donors (Lipinski definition) is 1. The van der Waals surface area contributed by atoms with Gasteiger partial charge in [0.1, 0.15) is 5.94 Å². The van der Waals surface area contributed by atoms with E-state index >= 15 is 0 Å². The summed E-state index contributed by atoms with van der Waals surface area (Å²) in [4.78, 5) is 9.72. The van der Waals surface area contributed by atoms with Gasteiger partial charge in [-0.2, -0.15) is 8.42 Å². The Balaban J connectivity index is 4.75. The van der Waals surface area contributed by atoms with E-state index in [0.29, 0.717) is 6.42 Å². The van der Waals surface area contributed by atoms with Crippen LogP contribution < -0.4 is 0 Å². The molecule has 0 bridgehead atoms. The Morgan fingerprint density at radius 3 is 2.08 bits per heavy atom. The Bertz CT molecular complexity index is 309. The van der Waals surface area contributed by atoms with E-state index < -0.39 is 20.9 Å². The normalized spacial score (nSPS) is 13.9. The first-order valence-corrected chi connectivity index (χ1v) is 5.45. The Morgan fingerprint density at radius 2 is 1.85 bits per heavy atom. The summed E-state index contributed by atoms with van der Waals surface area (Å²) in [6, 6.07) is 0. The maximum Gasteiger partial charge on any atom is 0.301 e. The third-order valence-electron chi connectivity index (χ3n) is 1.65. The molecule has 0 rings (SSSR count). The minimum Gasteiger partial charge on any atom is -0.281 e. The van der Waals surface area contributed by atoms with Crippen molar-refractivity contribution >= 4 is 16.1 Å². The zero-order valence-electron chi connectivity index (χ0n) is 7.94. The zero-order chi connectivity index (χ0) is 10.6. The van der Waals surface area contributed by atoms with Crippen molar-refractivity contribution in [3.63, 3.8) is 0 Å². The van der Waals surface area contributed by atoms with Crippen molar-refractivity contribution in [1.82, 2.24) is 0 Å². The predicted molar refractivity (Wildman–Crippen MR) is 49.4 cm³/mol. The fourth-order valence-corrected chi connectivity index (χ4v) is 1.93. The molecular weight excluding hydrogens is 192 g/mol. The molecule has 0 aromatic heterocycles. The largest absolute Gasteiger partial charge is 0.301 e. The summed E-state index contributed by atoms with van der Waals surface area (Å²) in [5.74, 6) is 1.06. The lowest BCUT2D eigenvalue weighted by Gasteiger charge is -2.12. The van der Waals surface area contributed by atoms with Crippen LogP contribution in [0.1, 0.15) is 27.2 Å². The lowest BCUT2D eigenvalue weighted by Crippen LogP contribution is -2.13. The molecule has 13 heavy (non-hydrogen) atoms. The van der Waals surface area contributed by atoms with Gasteiger partial charge in [-0.15, -0.1) is 0 Å². The highest BCUT2D eigenvalue weighted by Gasteiger charge is 2.23. The average molecular weight is 206 g/mol. The lowest BCUT2D eigenvalue weighted by atomic mass is 9.99. The van der Waals surface area contributed by atoms with E-state index in [1.165, 1.54) is 5.94 Å². The minimum absolute atomic E-state index is 0.264. The minimum atomic E-state index is -4.37. The highest BCUT2D eigenvalue weighted by molar-refractivity contribution is 7.90. The molecule has 0 saturated carbocycles. The van der Waals surface area contributed by atoms with Gasteiger partial charge in [-0.05, 0) is 12.3 Å². The fourth-order valence-electron chi connectivity index (χ4n) is 1.22. The topological polar surface area (TPSA) is 71.4 Å². The van der Waals surface area contributed by atoms with Crippen molar-refractivity contribution in [2.45, 2.75) is 27.2 Å². The molecule has 1 atom stereocenters. The lowest BCUT2D eigenvalue weighted by molar-refractivity contribution is 0.460. The van der Waals surface area contributed by atoms with Crippen LogP contribution in [0.2, 0.25) is 0 Å². The first-order valence-electron chi connectivity index (χ1n) is 4.01. The molecule has 5 heteroatoms. The summed E-state index contributed by atoms with van der Waals surface area (Å²) in [6.07, 6.45) is 0.532. The number of hydrogen-bond acceptors (Lipinski definition) is 3. The summed E-state index contributed by atoms with van der Waals surface area (Å²) in [5, 5.41) is 0. The summed E-state index contributed by atoms with van der Waals surface area (Å²) in [5.41, 5.74) is 0. The Morgan fingerprint density at radius 1 is 1.38 bits per heavy atom. The van der Waals surface area contributed by atoms with Crippen LogP contribution >= 0.6 is 0 Å². The van der Waals surface area contributed by atoms with Gasteiger partial charge in [0.2, 0.25) is 0 Å². The van der Waals surface area contributed by atoms with Crippen LogP contribution in [0.4, 0.5) is 0 Å². The van der Waals surface area contributed by atoms with Gasteiger partial charge in [0.05, 0.1) is 0 Å². The molecule has 0 amide bonds. The van der Waals surface area contributed by atoms with Crippen LogP contribution in [0.15, 0.2) is 4.91 Å². The Labute approximate surface area is 78.4 Å². The van der Waals surface area contributed by atoms with E-state index in [1.807, 2.05) is 13.8 Å². The molecule has 0 aliphatic carbocycles. The van der Waals surface area contributed by atoms with E-state index in [9.17, 15) is 13.2 Å². The molecule has 0 spiro atoms. The van der Waals surface area contributed by atoms with Crippen LogP contribution in [0.3, 0.4) is 0 Å². The second-order valence-corrected chi connectivity index (χ2v) is 4.86. The predicted octanol–water partition coefficient (Wildman–Crippen LogP) is 1.27. The van der Waals surface area contributed by atoms with Crippen LogP contribution in [0, 0.1) is 11.8 Å². The molecule has 1 N–H and O–H groups in total. The Kier molecular flexibility index (Phi) is 4.33. The van der Waals surface area contributed by atoms with E-state index in [0.717, 1.165) is 0 Å². The molecule has 0 saturated heterocycles. The van der Waals surface area contributed by atoms with Crippen LogP contribution in [0.25, 0.3) is 0 Å². The second kappa shape index (κ2) is 4.56. The smallest absolute Gasteiger partial charge is 0.281 e. The standard InChI is InChI=1S/C8H14O4S/c1-6(2)4-7(3)8(5-9)13(10,11)12/h6-7H,4H2,1-3H3,(H,10,11,12). The second-order valence-electron chi connectivity index (χ2n) is 3.47.